The molecule has 0 spiro atoms. The molecule has 4 rings (SSSR count). The lowest BCUT2D eigenvalue weighted by atomic mass is 9.82. The first kappa shape index (κ1) is 45.9. The number of Topliss-reactive ketones (excluding diaryl/α,β-unsaturated/α-hetero) is 2. The second kappa shape index (κ2) is 20.8. The molecule has 4 aliphatic rings. The highest BCUT2D eigenvalue weighted by molar-refractivity contribution is 6.39. The second-order valence-corrected chi connectivity index (χ2v) is 17.1. The fraction of sp³-hybridized carbons (Fsp3) is 0.773. The second-order valence-electron chi connectivity index (χ2n) is 17.1. The Kier molecular flexibility index (Phi) is 17.0. The van der Waals surface area contributed by atoms with Gasteiger partial charge in [-0.15, -0.1) is 6.58 Å². The van der Waals surface area contributed by atoms with Crippen LogP contribution in [-0.2, 0) is 42.9 Å². The Morgan fingerprint density at radius 3 is 2.32 bits per heavy atom. The zero-order chi connectivity index (χ0) is 41.3. The Bertz CT molecular complexity index is 1450. The number of halogens is 1. The summed E-state index contributed by atoms with van der Waals surface area (Å²) in [5.41, 5.74) is 1.81. The van der Waals surface area contributed by atoms with E-state index in [0.717, 1.165) is 11.1 Å². The lowest BCUT2D eigenvalue weighted by molar-refractivity contribution is -0.302. The van der Waals surface area contributed by atoms with Crippen LogP contribution in [0.2, 0.25) is 0 Å². The van der Waals surface area contributed by atoms with Gasteiger partial charge < -0.3 is 33.7 Å². The number of hydrogen-bond acceptors (Lipinski definition) is 10. The van der Waals surface area contributed by atoms with E-state index in [0.29, 0.717) is 57.8 Å². The van der Waals surface area contributed by atoms with Gasteiger partial charge in [0, 0.05) is 46.1 Å². The minimum Gasteiger partial charge on any atom is -0.456 e. The normalized spacial score (nSPS) is 40.1. The van der Waals surface area contributed by atoms with Crippen LogP contribution in [0.4, 0.5) is 4.39 Å². The molecule has 1 amide bonds. The van der Waals surface area contributed by atoms with Crippen LogP contribution in [0.15, 0.2) is 36.0 Å². The summed E-state index contributed by atoms with van der Waals surface area (Å²) in [5.74, 6) is -6.63. The number of piperidine rings is 1. The summed E-state index contributed by atoms with van der Waals surface area (Å²) in [4.78, 5) is 57.7. The number of ketones is 2. The summed E-state index contributed by atoms with van der Waals surface area (Å²) in [6, 6.07) is -1.07. The lowest BCUT2D eigenvalue weighted by Crippen LogP contribution is -2.64. The molecule has 11 nitrogen and oxygen atoms in total. The number of esters is 1. The van der Waals surface area contributed by atoms with Crippen molar-refractivity contribution in [1.82, 2.24) is 4.90 Å². The van der Waals surface area contributed by atoms with Crippen LogP contribution in [-0.4, -0.2) is 110 Å². The lowest BCUT2D eigenvalue weighted by Gasteiger charge is -2.47. The molecule has 0 aromatic carbocycles. The molecule has 12 heteroatoms. The molecular formula is C44H68FNO10. The van der Waals surface area contributed by atoms with Gasteiger partial charge in [-0.2, -0.15) is 0 Å². The minimum absolute atomic E-state index is 0.0000518. The Morgan fingerprint density at radius 2 is 1.66 bits per heavy atom. The van der Waals surface area contributed by atoms with Crippen molar-refractivity contribution in [3.63, 3.8) is 0 Å². The number of alkyl halides is 1. The Hall–Kier alpha value is -2.77. The molecule has 1 N–H and O–H groups in total. The third-order valence-corrected chi connectivity index (χ3v) is 12.7. The SMILES string of the molecule is C=CCC1/C=C(\C)CC(C)CC(OC)C2OC(O)(C(=O)C(=O)N3CCCCC3C(=O)OC(C(C)=CC3CCC(F)C(OC)C3)C(C)CCC1=O)C(C)CC2OC. The maximum absolute atomic E-state index is 14.5. The van der Waals surface area contributed by atoms with Crippen molar-refractivity contribution in [3.8, 4) is 0 Å². The predicted molar refractivity (Wildman–Crippen MR) is 210 cm³/mol. The van der Waals surface area contributed by atoms with Crippen molar-refractivity contribution >= 4 is 23.4 Å². The molecule has 0 radical (unpaired) electrons. The number of fused-ring (bicyclic) bond motifs is 3. The van der Waals surface area contributed by atoms with Gasteiger partial charge in [-0.3, -0.25) is 14.4 Å². The first-order valence-corrected chi connectivity index (χ1v) is 20.8. The minimum atomic E-state index is -2.48. The van der Waals surface area contributed by atoms with E-state index >= 15 is 0 Å². The number of carbonyl (C=O) groups is 4. The fourth-order valence-corrected chi connectivity index (χ4v) is 9.40. The molecule has 316 valence electrons. The van der Waals surface area contributed by atoms with Gasteiger partial charge in [0.15, 0.2) is 0 Å². The third-order valence-electron chi connectivity index (χ3n) is 12.7. The van der Waals surface area contributed by atoms with Crippen LogP contribution < -0.4 is 0 Å². The number of methoxy groups -OCH3 is 3. The van der Waals surface area contributed by atoms with Crippen LogP contribution in [0.3, 0.4) is 0 Å². The number of allylic oxidation sites excluding steroid dienone is 4. The summed E-state index contributed by atoms with van der Waals surface area (Å²) in [6.07, 6.45) is 6.97. The molecule has 3 heterocycles. The van der Waals surface area contributed by atoms with E-state index in [-0.39, 0.29) is 55.3 Å². The largest absolute Gasteiger partial charge is 0.456 e. The quantitative estimate of drug-likeness (QED) is 0.170. The molecule has 56 heavy (non-hydrogen) atoms. The van der Waals surface area contributed by atoms with E-state index in [1.54, 1.807) is 20.1 Å². The van der Waals surface area contributed by atoms with Gasteiger partial charge in [0.2, 0.25) is 5.79 Å². The molecule has 3 fully saturated rings. The van der Waals surface area contributed by atoms with Crippen molar-refractivity contribution in [2.75, 3.05) is 27.9 Å². The molecule has 1 saturated carbocycles. The summed E-state index contributed by atoms with van der Waals surface area (Å²) >= 11 is 0. The predicted octanol–water partition coefficient (Wildman–Crippen LogP) is 6.65. The molecule has 3 aliphatic heterocycles. The topological polar surface area (TPSA) is 138 Å². The van der Waals surface area contributed by atoms with Crippen molar-refractivity contribution in [2.24, 2.45) is 29.6 Å². The van der Waals surface area contributed by atoms with Crippen LogP contribution >= 0.6 is 0 Å². The molecule has 2 bridgehead atoms. The molecule has 0 aromatic rings. The van der Waals surface area contributed by atoms with E-state index < -0.39 is 72.1 Å². The highest BCUT2D eigenvalue weighted by Crippen LogP contribution is 2.39. The van der Waals surface area contributed by atoms with E-state index in [1.807, 2.05) is 32.9 Å². The Labute approximate surface area is 333 Å². The Balaban J connectivity index is 1.75. The fourth-order valence-electron chi connectivity index (χ4n) is 9.40. The molecule has 1 aliphatic carbocycles. The maximum Gasteiger partial charge on any atom is 0.329 e. The van der Waals surface area contributed by atoms with Crippen molar-refractivity contribution in [1.29, 1.82) is 0 Å². The summed E-state index contributed by atoms with van der Waals surface area (Å²) < 4.78 is 44.3. The smallest absolute Gasteiger partial charge is 0.329 e. The van der Waals surface area contributed by atoms with Gasteiger partial charge in [-0.05, 0) is 108 Å². The van der Waals surface area contributed by atoms with Crippen LogP contribution in [0.1, 0.15) is 112 Å². The third kappa shape index (κ3) is 11.0. The number of aliphatic hydroxyl groups is 1. The number of cyclic esters (lactones) is 1. The number of hydrogen-bond donors (Lipinski definition) is 1. The summed E-state index contributed by atoms with van der Waals surface area (Å²) in [6.45, 7) is 13.6. The van der Waals surface area contributed by atoms with Crippen molar-refractivity contribution < 1.29 is 52.4 Å². The number of rotatable bonds is 7. The average molecular weight is 790 g/mol. The molecule has 13 unspecified atom stereocenters. The Morgan fingerprint density at radius 1 is 0.982 bits per heavy atom. The van der Waals surface area contributed by atoms with Gasteiger partial charge in [0.05, 0.1) is 18.3 Å². The zero-order valence-corrected chi connectivity index (χ0v) is 35.0. The molecular weight excluding hydrogens is 721 g/mol. The van der Waals surface area contributed by atoms with E-state index in [2.05, 4.69) is 13.5 Å². The maximum atomic E-state index is 14.5. The number of carbonyl (C=O) groups excluding carboxylic acids is 4. The first-order valence-electron chi connectivity index (χ1n) is 20.8. The summed E-state index contributed by atoms with van der Waals surface area (Å²) in [5, 5.41) is 12.0. The molecule has 13 atom stereocenters. The van der Waals surface area contributed by atoms with Gasteiger partial charge in [0.25, 0.3) is 11.7 Å². The van der Waals surface area contributed by atoms with E-state index in [4.69, 9.17) is 23.7 Å². The molecule has 0 aromatic heterocycles. The van der Waals surface area contributed by atoms with Crippen LogP contribution in [0.25, 0.3) is 0 Å². The highest BCUT2D eigenvalue weighted by atomic mass is 19.1. The summed E-state index contributed by atoms with van der Waals surface area (Å²) in [7, 11) is 4.59. The highest BCUT2D eigenvalue weighted by Gasteiger charge is 2.56. The standard InChI is InChI=1S/C44H68FNO10/c1-10-13-32-21-26(2)20-27(3)22-37(53-8)40-38(54-9)24-30(6)44(51,56-40)41(48)42(49)46-19-12-11-14-34(46)43(50)55-39(28(4)15-18-35(32)47)29(5)23-31-16-17-33(45)36(25-31)52-7/h10,21,23,27-28,30-34,36-40,51H,1,11-20,22,24-25H2,2-9H3/b26-21+,29-23?. The number of ether oxygens (including phenoxy) is 5. The van der Waals surface area contributed by atoms with E-state index in [1.165, 1.54) is 19.1 Å². The average Bonchev–Trinajstić information content (AvgIpc) is 3.18. The van der Waals surface area contributed by atoms with Gasteiger partial charge in [-0.25, -0.2) is 9.18 Å². The van der Waals surface area contributed by atoms with Crippen LogP contribution in [0.5, 0.6) is 0 Å². The van der Waals surface area contributed by atoms with Crippen molar-refractivity contribution in [2.45, 2.75) is 160 Å². The van der Waals surface area contributed by atoms with Gasteiger partial charge in [-0.1, -0.05) is 44.6 Å². The first-order chi connectivity index (χ1) is 26.6. The van der Waals surface area contributed by atoms with Gasteiger partial charge >= 0.3 is 5.97 Å². The zero-order valence-electron chi connectivity index (χ0n) is 35.0. The van der Waals surface area contributed by atoms with Gasteiger partial charge in [0.1, 0.15) is 30.2 Å². The van der Waals surface area contributed by atoms with E-state index in [9.17, 15) is 28.7 Å². The van der Waals surface area contributed by atoms with Crippen molar-refractivity contribution in [3.05, 3.63) is 36.0 Å². The number of nitrogens with zero attached hydrogens (tertiary/aromatic N) is 1. The monoisotopic (exact) mass is 789 g/mol. The number of amides is 1. The van der Waals surface area contributed by atoms with Crippen LogP contribution in [0, 0.1) is 29.6 Å². The molecule has 2 saturated heterocycles.